The number of tetrazole rings is 1. The first-order valence-electron chi connectivity index (χ1n) is 9.92. The highest BCUT2D eigenvalue weighted by atomic mass is 32.1. The number of nitriles is 1. The largest absolute Gasteiger partial charge is 0.486 e. The number of fused-ring (bicyclic) bond motifs is 1. The normalized spacial score (nSPS) is 13.0. The predicted octanol–water partition coefficient (Wildman–Crippen LogP) is 3.90. The lowest BCUT2D eigenvalue weighted by Gasteiger charge is -2.10. The van der Waals surface area contributed by atoms with Gasteiger partial charge in [-0.25, -0.2) is 4.68 Å². The molecule has 9 heteroatoms. The van der Waals surface area contributed by atoms with Crippen molar-refractivity contribution in [1.29, 1.82) is 5.26 Å². The van der Waals surface area contributed by atoms with Crippen LogP contribution in [0.5, 0.6) is 5.75 Å². The summed E-state index contributed by atoms with van der Waals surface area (Å²) in [6.07, 6.45) is 4.10. The fourth-order valence-electron chi connectivity index (χ4n) is 3.53. The van der Waals surface area contributed by atoms with Crippen LogP contribution < -0.4 is 10.1 Å². The van der Waals surface area contributed by atoms with E-state index >= 15 is 0 Å². The highest BCUT2D eigenvalue weighted by molar-refractivity contribution is 7.16. The molecule has 154 valence electrons. The van der Waals surface area contributed by atoms with E-state index in [9.17, 15) is 10.1 Å². The second-order valence-corrected chi connectivity index (χ2v) is 8.54. The number of benzene rings is 1. The molecular formula is C21H22N6O2S. The molecule has 0 aliphatic heterocycles. The fourth-order valence-corrected chi connectivity index (χ4v) is 4.77. The molecule has 8 nitrogen and oxygen atoms in total. The maximum Gasteiger partial charge on any atom is 0.256 e. The summed E-state index contributed by atoms with van der Waals surface area (Å²) < 4.78 is 7.49. The van der Waals surface area contributed by atoms with Gasteiger partial charge in [-0.3, -0.25) is 4.79 Å². The molecule has 30 heavy (non-hydrogen) atoms. The summed E-state index contributed by atoms with van der Waals surface area (Å²) in [6.45, 7) is 4.18. The fraction of sp³-hybridized carbons (Fsp3) is 0.381. The Balaban J connectivity index is 1.47. The molecule has 0 radical (unpaired) electrons. The molecule has 0 saturated carbocycles. The first-order chi connectivity index (χ1) is 14.6. The first kappa shape index (κ1) is 20.0. The van der Waals surface area contributed by atoms with Crippen LogP contribution in [0.4, 0.5) is 5.00 Å². The summed E-state index contributed by atoms with van der Waals surface area (Å²) >= 11 is 1.52. The average molecular weight is 423 g/mol. The van der Waals surface area contributed by atoms with Crippen LogP contribution in [-0.2, 0) is 19.4 Å². The van der Waals surface area contributed by atoms with E-state index in [0.717, 1.165) is 31.2 Å². The smallest absolute Gasteiger partial charge is 0.256 e. The van der Waals surface area contributed by atoms with Crippen LogP contribution in [-0.4, -0.2) is 26.1 Å². The molecule has 0 bridgehead atoms. The molecule has 1 amide bonds. The van der Waals surface area contributed by atoms with Crippen molar-refractivity contribution >= 4 is 22.2 Å². The summed E-state index contributed by atoms with van der Waals surface area (Å²) in [4.78, 5) is 14.0. The number of aromatic nitrogens is 4. The predicted molar refractivity (Wildman–Crippen MR) is 113 cm³/mol. The SMILES string of the molecule is CC(C)n1nnnc1COc1cccc(C(=O)Nc2sc3c(c2C#N)CCCC3)c1. The maximum absolute atomic E-state index is 12.8. The number of thiophene rings is 1. The van der Waals surface area contributed by atoms with Crippen molar-refractivity contribution in [2.75, 3.05) is 5.32 Å². The van der Waals surface area contributed by atoms with Gasteiger partial charge in [-0.15, -0.1) is 16.4 Å². The van der Waals surface area contributed by atoms with Crippen LogP contribution in [0.3, 0.4) is 0 Å². The summed E-state index contributed by atoms with van der Waals surface area (Å²) in [5, 5.41) is 24.8. The third-order valence-electron chi connectivity index (χ3n) is 5.02. The molecule has 0 saturated heterocycles. The number of carbonyl (C=O) groups is 1. The Hall–Kier alpha value is -3.25. The molecule has 1 aromatic carbocycles. The van der Waals surface area contributed by atoms with Crippen LogP contribution in [0.2, 0.25) is 0 Å². The number of aryl methyl sites for hydroxylation is 1. The molecule has 1 aliphatic rings. The first-order valence-corrected chi connectivity index (χ1v) is 10.7. The third kappa shape index (κ3) is 4.04. The van der Waals surface area contributed by atoms with Gasteiger partial charge in [-0.1, -0.05) is 6.07 Å². The second kappa shape index (κ2) is 8.63. The molecule has 1 N–H and O–H groups in total. The van der Waals surface area contributed by atoms with Gasteiger partial charge in [0.15, 0.2) is 5.82 Å². The molecule has 4 rings (SSSR count). The van der Waals surface area contributed by atoms with Gasteiger partial charge in [0.1, 0.15) is 23.4 Å². The molecule has 2 aromatic heterocycles. The van der Waals surface area contributed by atoms with Gasteiger partial charge in [0, 0.05) is 10.4 Å². The number of nitrogens with zero attached hydrogens (tertiary/aromatic N) is 5. The molecule has 3 aromatic rings. The number of anilines is 1. The van der Waals surface area contributed by atoms with Crippen LogP contribution in [0, 0.1) is 11.3 Å². The number of hydrogen-bond donors (Lipinski definition) is 1. The summed E-state index contributed by atoms with van der Waals surface area (Å²) in [5.74, 6) is 0.900. The number of amides is 1. The van der Waals surface area contributed by atoms with E-state index in [4.69, 9.17) is 4.74 Å². The van der Waals surface area contributed by atoms with Crippen molar-refractivity contribution in [3.63, 3.8) is 0 Å². The number of nitrogens with one attached hydrogen (secondary N) is 1. The van der Waals surface area contributed by atoms with Crippen molar-refractivity contribution in [2.45, 2.75) is 52.2 Å². The minimum Gasteiger partial charge on any atom is -0.486 e. The van der Waals surface area contributed by atoms with Crippen LogP contribution in [0.1, 0.15) is 64.9 Å². The zero-order chi connectivity index (χ0) is 21.1. The lowest BCUT2D eigenvalue weighted by atomic mass is 9.96. The van der Waals surface area contributed by atoms with E-state index in [1.54, 1.807) is 28.9 Å². The topological polar surface area (TPSA) is 106 Å². The monoisotopic (exact) mass is 422 g/mol. The number of ether oxygens (including phenoxy) is 1. The molecule has 0 spiro atoms. The Morgan fingerprint density at radius 1 is 1.37 bits per heavy atom. The minimum atomic E-state index is -0.262. The molecule has 2 heterocycles. The average Bonchev–Trinajstić information content (AvgIpc) is 3.36. The Morgan fingerprint density at radius 2 is 2.20 bits per heavy atom. The van der Waals surface area contributed by atoms with Gasteiger partial charge in [0.2, 0.25) is 0 Å². The Labute approximate surface area is 178 Å². The van der Waals surface area contributed by atoms with E-state index < -0.39 is 0 Å². The zero-order valence-electron chi connectivity index (χ0n) is 16.9. The van der Waals surface area contributed by atoms with E-state index in [1.807, 2.05) is 13.8 Å². The van der Waals surface area contributed by atoms with Gasteiger partial charge in [0.05, 0.1) is 11.6 Å². The highest BCUT2D eigenvalue weighted by Gasteiger charge is 2.22. The molecular weight excluding hydrogens is 400 g/mol. The summed E-state index contributed by atoms with van der Waals surface area (Å²) in [6, 6.07) is 9.35. The van der Waals surface area contributed by atoms with E-state index in [1.165, 1.54) is 16.2 Å². The second-order valence-electron chi connectivity index (χ2n) is 7.43. The van der Waals surface area contributed by atoms with Crippen LogP contribution in [0.25, 0.3) is 0 Å². The maximum atomic E-state index is 12.8. The van der Waals surface area contributed by atoms with Gasteiger partial charge in [-0.05, 0) is 73.7 Å². The van der Waals surface area contributed by atoms with Crippen molar-refractivity contribution in [1.82, 2.24) is 20.2 Å². The Kier molecular flexibility index (Phi) is 5.77. The quantitative estimate of drug-likeness (QED) is 0.646. The number of hydrogen-bond acceptors (Lipinski definition) is 7. The molecule has 0 atom stereocenters. The van der Waals surface area contributed by atoms with E-state index in [2.05, 4.69) is 26.9 Å². The lowest BCUT2D eigenvalue weighted by molar-refractivity contribution is 0.102. The minimum absolute atomic E-state index is 0.127. The third-order valence-corrected chi connectivity index (χ3v) is 6.23. The Bertz CT molecular complexity index is 1110. The molecule has 0 unspecified atom stereocenters. The summed E-state index contributed by atoms with van der Waals surface area (Å²) in [7, 11) is 0. The van der Waals surface area contributed by atoms with E-state index in [-0.39, 0.29) is 18.6 Å². The summed E-state index contributed by atoms with van der Waals surface area (Å²) in [5.41, 5.74) is 2.17. The van der Waals surface area contributed by atoms with Crippen molar-refractivity contribution in [2.24, 2.45) is 0 Å². The van der Waals surface area contributed by atoms with Crippen LogP contribution >= 0.6 is 11.3 Å². The zero-order valence-corrected chi connectivity index (χ0v) is 17.7. The van der Waals surface area contributed by atoms with Gasteiger partial charge in [0.25, 0.3) is 5.91 Å². The van der Waals surface area contributed by atoms with Gasteiger partial charge >= 0.3 is 0 Å². The van der Waals surface area contributed by atoms with Gasteiger partial charge in [-0.2, -0.15) is 5.26 Å². The molecule has 1 aliphatic carbocycles. The van der Waals surface area contributed by atoms with Crippen molar-refractivity contribution < 1.29 is 9.53 Å². The van der Waals surface area contributed by atoms with Crippen molar-refractivity contribution in [3.8, 4) is 11.8 Å². The van der Waals surface area contributed by atoms with Crippen molar-refractivity contribution in [3.05, 3.63) is 51.7 Å². The lowest BCUT2D eigenvalue weighted by Crippen LogP contribution is -2.13. The highest BCUT2D eigenvalue weighted by Crippen LogP contribution is 2.37. The Morgan fingerprint density at radius 3 is 3.00 bits per heavy atom. The van der Waals surface area contributed by atoms with E-state index in [0.29, 0.717) is 27.7 Å². The standard InChI is InChI=1S/C21H22N6O2S/c1-13(2)27-19(24-25-26-27)12-29-15-7-5-6-14(10-15)20(28)23-21-17(11-22)16-8-3-4-9-18(16)30-21/h5-7,10,13H,3-4,8-9,12H2,1-2H3,(H,23,28). The van der Waals surface area contributed by atoms with Gasteiger partial charge < -0.3 is 10.1 Å². The number of rotatable bonds is 6. The van der Waals surface area contributed by atoms with Crippen LogP contribution in [0.15, 0.2) is 24.3 Å². The molecule has 0 fully saturated rings. The number of carbonyl (C=O) groups excluding carboxylic acids is 1.